The zero-order valence-electron chi connectivity index (χ0n) is 12.0. The number of piperidine rings is 1. The standard InChI is InChI=1S/C15H26N2O2/c1-12-8-16-7-3-2-4-14(16)9-17(12)15(18)11-19-10-13-5-6-13/h12-14H,2-11H2,1H3. The summed E-state index contributed by atoms with van der Waals surface area (Å²) in [6, 6.07) is 0.934. The van der Waals surface area contributed by atoms with Gasteiger partial charge in [0, 0.05) is 25.2 Å². The Hall–Kier alpha value is -0.610. The van der Waals surface area contributed by atoms with E-state index < -0.39 is 0 Å². The lowest BCUT2D eigenvalue weighted by molar-refractivity contribution is -0.143. The Balaban J connectivity index is 1.49. The van der Waals surface area contributed by atoms with Crippen molar-refractivity contribution in [2.75, 3.05) is 32.8 Å². The van der Waals surface area contributed by atoms with Crippen molar-refractivity contribution in [3.63, 3.8) is 0 Å². The maximum atomic E-state index is 12.3. The highest BCUT2D eigenvalue weighted by atomic mass is 16.5. The molecule has 1 saturated carbocycles. The van der Waals surface area contributed by atoms with Crippen LogP contribution in [-0.4, -0.2) is 60.6 Å². The number of hydrogen-bond donors (Lipinski definition) is 0. The van der Waals surface area contributed by atoms with Crippen molar-refractivity contribution in [3.05, 3.63) is 0 Å². The Bertz CT molecular complexity index is 330. The van der Waals surface area contributed by atoms with Crippen LogP contribution in [0.5, 0.6) is 0 Å². The second-order valence-corrected chi connectivity index (χ2v) is 6.50. The number of fused-ring (bicyclic) bond motifs is 1. The maximum Gasteiger partial charge on any atom is 0.248 e. The third-order valence-corrected chi connectivity index (χ3v) is 4.78. The molecule has 0 aromatic heterocycles. The van der Waals surface area contributed by atoms with E-state index in [9.17, 15) is 4.79 Å². The van der Waals surface area contributed by atoms with E-state index >= 15 is 0 Å². The molecule has 0 bridgehead atoms. The number of carbonyl (C=O) groups is 1. The van der Waals surface area contributed by atoms with Crippen LogP contribution < -0.4 is 0 Å². The van der Waals surface area contributed by atoms with Gasteiger partial charge >= 0.3 is 0 Å². The van der Waals surface area contributed by atoms with Gasteiger partial charge in [0.05, 0.1) is 6.61 Å². The van der Waals surface area contributed by atoms with E-state index in [1.54, 1.807) is 0 Å². The summed E-state index contributed by atoms with van der Waals surface area (Å²) in [6.45, 7) is 6.40. The number of hydrogen-bond acceptors (Lipinski definition) is 3. The molecule has 0 aromatic rings. The first-order chi connectivity index (χ1) is 9.24. The van der Waals surface area contributed by atoms with Crippen LogP contribution in [0.3, 0.4) is 0 Å². The molecule has 2 atom stereocenters. The molecular weight excluding hydrogens is 240 g/mol. The van der Waals surface area contributed by atoms with Crippen LogP contribution in [0.1, 0.15) is 39.0 Å². The molecule has 2 aliphatic heterocycles. The zero-order valence-corrected chi connectivity index (χ0v) is 12.0. The highest BCUT2D eigenvalue weighted by molar-refractivity contribution is 5.78. The van der Waals surface area contributed by atoms with Crippen molar-refractivity contribution in [2.24, 2.45) is 5.92 Å². The van der Waals surface area contributed by atoms with Crippen molar-refractivity contribution >= 4 is 5.91 Å². The third-order valence-electron chi connectivity index (χ3n) is 4.78. The number of nitrogens with zero attached hydrogens (tertiary/aromatic N) is 2. The Labute approximate surface area is 116 Å². The Morgan fingerprint density at radius 1 is 1.21 bits per heavy atom. The SMILES string of the molecule is CC1CN2CCCCC2CN1C(=O)COCC1CC1. The van der Waals surface area contributed by atoms with Crippen molar-refractivity contribution in [2.45, 2.75) is 51.1 Å². The maximum absolute atomic E-state index is 12.3. The summed E-state index contributed by atoms with van der Waals surface area (Å²) in [4.78, 5) is 16.9. The third kappa shape index (κ3) is 3.29. The fraction of sp³-hybridized carbons (Fsp3) is 0.933. The topological polar surface area (TPSA) is 32.8 Å². The largest absolute Gasteiger partial charge is 0.371 e. The smallest absolute Gasteiger partial charge is 0.248 e. The quantitative estimate of drug-likeness (QED) is 0.773. The molecule has 4 heteroatoms. The summed E-state index contributed by atoms with van der Waals surface area (Å²) in [7, 11) is 0. The minimum Gasteiger partial charge on any atom is -0.371 e. The highest BCUT2D eigenvalue weighted by Gasteiger charge is 2.35. The normalized spacial score (nSPS) is 32.2. The van der Waals surface area contributed by atoms with Crippen molar-refractivity contribution in [3.8, 4) is 0 Å². The van der Waals surface area contributed by atoms with Gasteiger partial charge in [0.1, 0.15) is 6.61 Å². The van der Waals surface area contributed by atoms with Gasteiger partial charge in [0.2, 0.25) is 5.91 Å². The average molecular weight is 266 g/mol. The molecule has 3 fully saturated rings. The molecule has 19 heavy (non-hydrogen) atoms. The molecular formula is C15H26N2O2. The Morgan fingerprint density at radius 2 is 2.05 bits per heavy atom. The first-order valence-electron chi connectivity index (χ1n) is 7.85. The van der Waals surface area contributed by atoms with E-state index in [2.05, 4.69) is 16.7 Å². The van der Waals surface area contributed by atoms with Gasteiger partial charge in [-0.1, -0.05) is 6.42 Å². The Morgan fingerprint density at radius 3 is 2.84 bits per heavy atom. The highest BCUT2D eigenvalue weighted by Crippen LogP contribution is 2.29. The first-order valence-corrected chi connectivity index (χ1v) is 7.85. The predicted octanol–water partition coefficient (Wildman–Crippen LogP) is 1.50. The molecule has 0 N–H and O–H groups in total. The van der Waals surface area contributed by atoms with Crippen LogP contribution in [0.15, 0.2) is 0 Å². The van der Waals surface area contributed by atoms with Gasteiger partial charge in [-0.2, -0.15) is 0 Å². The molecule has 0 spiro atoms. The second-order valence-electron chi connectivity index (χ2n) is 6.50. The summed E-state index contributed by atoms with van der Waals surface area (Å²) in [6.07, 6.45) is 6.45. The molecule has 4 nitrogen and oxygen atoms in total. The van der Waals surface area contributed by atoms with E-state index in [1.807, 2.05) is 0 Å². The summed E-state index contributed by atoms with van der Waals surface area (Å²) in [5.41, 5.74) is 0. The number of rotatable bonds is 4. The van der Waals surface area contributed by atoms with E-state index in [0.717, 1.165) is 25.6 Å². The van der Waals surface area contributed by atoms with Gasteiger partial charge in [-0.25, -0.2) is 0 Å². The summed E-state index contributed by atoms with van der Waals surface area (Å²) in [5, 5.41) is 0. The fourth-order valence-electron chi connectivity index (χ4n) is 3.38. The molecule has 2 saturated heterocycles. The number of ether oxygens (including phenoxy) is 1. The molecule has 0 radical (unpaired) electrons. The van der Waals surface area contributed by atoms with Gasteiger partial charge < -0.3 is 9.64 Å². The van der Waals surface area contributed by atoms with Crippen molar-refractivity contribution < 1.29 is 9.53 Å². The molecule has 108 valence electrons. The molecule has 2 heterocycles. The molecule has 1 aliphatic carbocycles. The number of amides is 1. The second kappa shape index (κ2) is 5.80. The lowest BCUT2D eigenvalue weighted by Crippen LogP contribution is -2.60. The van der Waals surface area contributed by atoms with Gasteiger partial charge in [-0.3, -0.25) is 9.69 Å². The Kier molecular flexibility index (Phi) is 4.08. The zero-order chi connectivity index (χ0) is 13.2. The molecule has 2 unspecified atom stereocenters. The van der Waals surface area contributed by atoms with Crippen LogP contribution in [0.2, 0.25) is 0 Å². The first kappa shape index (κ1) is 13.4. The summed E-state index contributed by atoms with van der Waals surface area (Å²) >= 11 is 0. The van der Waals surface area contributed by atoms with Gasteiger partial charge in [0.25, 0.3) is 0 Å². The average Bonchev–Trinajstić information content (AvgIpc) is 3.22. The molecule has 1 amide bonds. The molecule has 3 rings (SSSR count). The number of piperazine rings is 1. The van der Waals surface area contributed by atoms with Crippen LogP contribution >= 0.6 is 0 Å². The summed E-state index contributed by atoms with van der Waals surface area (Å²) < 4.78 is 5.55. The van der Waals surface area contributed by atoms with Crippen LogP contribution in [0, 0.1) is 5.92 Å². The van der Waals surface area contributed by atoms with Crippen LogP contribution in [0.25, 0.3) is 0 Å². The monoisotopic (exact) mass is 266 g/mol. The number of carbonyl (C=O) groups excluding carboxylic acids is 1. The van der Waals surface area contributed by atoms with E-state index in [1.165, 1.54) is 38.6 Å². The van der Waals surface area contributed by atoms with Crippen LogP contribution in [-0.2, 0) is 9.53 Å². The molecule has 3 aliphatic rings. The van der Waals surface area contributed by atoms with Gasteiger partial charge in [0.15, 0.2) is 0 Å². The fourth-order valence-corrected chi connectivity index (χ4v) is 3.38. The molecule has 0 aromatic carbocycles. The van der Waals surface area contributed by atoms with Crippen molar-refractivity contribution in [1.29, 1.82) is 0 Å². The van der Waals surface area contributed by atoms with Crippen molar-refractivity contribution in [1.82, 2.24) is 9.80 Å². The van der Waals surface area contributed by atoms with E-state index in [0.29, 0.717) is 12.1 Å². The van der Waals surface area contributed by atoms with E-state index in [4.69, 9.17) is 4.74 Å². The minimum atomic E-state index is 0.193. The lowest BCUT2D eigenvalue weighted by Gasteiger charge is -2.47. The lowest BCUT2D eigenvalue weighted by atomic mass is 9.97. The van der Waals surface area contributed by atoms with Gasteiger partial charge in [-0.05, 0) is 45.1 Å². The van der Waals surface area contributed by atoms with Crippen LogP contribution in [0.4, 0.5) is 0 Å². The van der Waals surface area contributed by atoms with Gasteiger partial charge in [-0.15, -0.1) is 0 Å². The minimum absolute atomic E-state index is 0.193. The summed E-state index contributed by atoms with van der Waals surface area (Å²) in [5.74, 6) is 0.929. The predicted molar refractivity (Wildman–Crippen MR) is 73.9 cm³/mol. The van der Waals surface area contributed by atoms with E-state index in [-0.39, 0.29) is 12.5 Å².